The smallest absolute Gasteiger partial charge is 0.149 e. The third kappa shape index (κ3) is 1.89. The molecule has 96 valence electrons. The molecule has 0 saturated carbocycles. The molecule has 1 aromatic carbocycles. The van der Waals surface area contributed by atoms with Gasteiger partial charge in [0.15, 0.2) is 0 Å². The fourth-order valence-electron chi connectivity index (χ4n) is 2.45. The molecule has 1 aromatic heterocycles. The second-order valence-corrected chi connectivity index (χ2v) is 4.62. The van der Waals surface area contributed by atoms with Crippen LogP contribution in [0.5, 0.6) is 0 Å². The van der Waals surface area contributed by atoms with Crippen LogP contribution in [-0.2, 0) is 11.3 Å². The minimum absolute atomic E-state index is 0.0954. The Morgan fingerprint density at radius 3 is 3.06 bits per heavy atom. The lowest BCUT2D eigenvalue weighted by molar-refractivity contribution is -0.0297. The zero-order chi connectivity index (χ0) is 12.5. The van der Waals surface area contributed by atoms with E-state index in [0.717, 1.165) is 31.4 Å². The summed E-state index contributed by atoms with van der Waals surface area (Å²) in [5.41, 5.74) is 7.45. The van der Waals surface area contributed by atoms with Crippen molar-refractivity contribution in [3.05, 3.63) is 29.8 Å². The van der Waals surface area contributed by atoms with Gasteiger partial charge in [0, 0.05) is 13.2 Å². The van der Waals surface area contributed by atoms with Crippen molar-refractivity contribution in [1.82, 2.24) is 9.55 Å². The van der Waals surface area contributed by atoms with Crippen LogP contribution in [0.15, 0.2) is 18.5 Å². The van der Waals surface area contributed by atoms with E-state index in [0.29, 0.717) is 17.6 Å². The first kappa shape index (κ1) is 11.6. The summed E-state index contributed by atoms with van der Waals surface area (Å²) in [6.07, 6.45) is 4.64. The maximum absolute atomic E-state index is 14.1. The largest absolute Gasteiger partial charge is 0.358 e. The number of hydrogen-bond acceptors (Lipinski definition) is 3. The molecule has 0 bridgehead atoms. The summed E-state index contributed by atoms with van der Waals surface area (Å²) < 4.78 is 21.6. The quantitative estimate of drug-likeness (QED) is 0.888. The van der Waals surface area contributed by atoms with Gasteiger partial charge in [0.05, 0.1) is 11.8 Å². The molecule has 0 aliphatic carbocycles. The number of imidazole rings is 1. The van der Waals surface area contributed by atoms with E-state index in [-0.39, 0.29) is 12.0 Å². The lowest BCUT2D eigenvalue weighted by Gasteiger charge is -2.24. The molecule has 2 aromatic rings. The summed E-state index contributed by atoms with van der Waals surface area (Å²) in [7, 11) is 0. The van der Waals surface area contributed by atoms with Crippen molar-refractivity contribution in [2.75, 3.05) is 6.61 Å². The van der Waals surface area contributed by atoms with Gasteiger partial charge in [-0.25, -0.2) is 9.37 Å². The van der Waals surface area contributed by atoms with E-state index in [9.17, 15) is 4.39 Å². The third-order valence-electron chi connectivity index (χ3n) is 3.38. The Labute approximate surface area is 105 Å². The molecule has 5 heteroatoms. The number of fused-ring (bicyclic) bond motifs is 1. The Morgan fingerprint density at radius 2 is 2.33 bits per heavy atom. The van der Waals surface area contributed by atoms with Crippen LogP contribution in [0.2, 0.25) is 0 Å². The molecule has 0 amide bonds. The van der Waals surface area contributed by atoms with Gasteiger partial charge in [-0.2, -0.15) is 0 Å². The summed E-state index contributed by atoms with van der Waals surface area (Å²) in [5.74, 6) is -0.278. The van der Waals surface area contributed by atoms with Gasteiger partial charge in [-0.3, -0.25) is 0 Å². The van der Waals surface area contributed by atoms with Crippen LogP contribution in [0.25, 0.3) is 11.0 Å². The first-order chi connectivity index (χ1) is 8.79. The van der Waals surface area contributed by atoms with E-state index in [1.54, 1.807) is 10.9 Å². The maximum atomic E-state index is 14.1. The Hall–Kier alpha value is -1.46. The topological polar surface area (TPSA) is 53.1 Å². The predicted octanol–water partition coefficient (Wildman–Crippen LogP) is 2.33. The Morgan fingerprint density at radius 1 is 1.44 bits per heavy atom. The lowest BCUT2D eigenvalue weighted by atomic mass is 10.1. The number of nitrogens with two attached hydrogens (primary N) is 1. The summed E-state index contributed by atoms with van der Waals surface area (Å²) in [6.45, 7) is 1.05. The van der Waals surface area contributed by atoms with E-state index in [1.165, 1.54) is 6.07 Å². The second-order valence-electron chi connectivity index (χ2n) is 4.62. The normalized spacial score (nSPS) is 20.4. The minimum Gasteiger partial charge on any atom is -0.358 e. The Kier molecular flexibility index (Phi) is 3.01. The van der Waals surface area contributed by atoms with Crippen molar-refractivity contribution in [3.63, 3.8) is 0 Å². The molecule has 1 aliphatic heterocycles. The van der Waals surface area contributed by atoms with Crippen molar-refractivity contribution >= 4 is 11.0 Å². The van der Waals surface area contributed by atoms with E-state index in [2.05, 4.69) is 4.98 Å². The molecular weight excluding hydrogens is 233 g/mol. The number of halogens is 1. The number of ether oxygens (including phenoxy) is 1. The monoisotopic (exact) mass is 249 g/mol. The van der Waals surface area contributed by atoms with Gasteiger partial charge < -0.3 is 15.0 Å². The van der Waals surface area contributed by atoms with E-state index in [4.69, 9.17) is 10.5 Å². The van der Waals surface area contributed by atoms with Gasteiger partial charge in [-0.1, -0.05) is 0 Å². The van der Waals surface area contributed by atoms with Crippen LogP contribution >= 0.6 is 0 Å². The number of nitrogens with zero attached hydrogens (tertiary/aromatic N) is 2. The summed E-state index contributed by atoms with van der Waals surface area (Å²) in [5, 5.41) is 0. The number of hydrogen-bond donors (Lipinski definition) is 1. The van der Waals surface area contributed by atoms with Crippen molar-refractivity contribution in [2.24, 2.45) is 5.73 Å². The second kappa shape index (κ2) is 4.66. The van der Waals surface area contributed by atoms with Gasteiger partial charge in [0.2, 0.25) is 0 Å². The van der Waals surface area contributed by atoms with Crippen molar-refractivity contribution in [2.45, 2.75) is 32.0 Å². The average molecular weight is 249 g/mol. The highest BCUT2D eigenvalue weighted by Crippen LogP contribution is 2.28. The molecule has 1 fully saturated rings. The van der Waals surface area contributed by atoms with Gasteiger partial charge in [-0.15, -0.1) is 0 Å². The van der Waals surface area contributed by atoms with Gasteiger partial charge in [0.1, 0.15) is 17.6 Å². The van der Waals surface area contributed by atoms with E-state index >= 15 is 0 Å². The molecule has 2 heterocycles. The standard InChI is InChI=1S/C13H16FN3O/c14-10-5-9(7-15)6-11-13(10)17(8-16-11)12-3-1-2-4-18-12/h5-6,8,12H,1-4,7,15H2. The SMILES string of the molecule is NCc1cc(F)c2c(c1)ncn2C1CCCCO1. The van der Waals surface area contributed by atoms with Crippen LogP contribution in [0.3, 0.4) is 0 Å². The Balaban J connectivity index is 2.07. The molecular formula is C13H16FN3O. The molecule has 2 N–H and O–H groups in total. The predicted molar refractivity (Wildman–Crippen MR) is 66.4 cm³/mol. The average Bonchev–Trinajstić information content (AvgIpc) is 2.84. The minimum atomic E-state index is -0.278. The number of benzene rings is 1. The number of rotatable bonds is 2. The lowest BCUT2D eigenvalue weighted by Crippen LogP contribution is -2.17. The fourth-order valence-corrected chi connectivity index (χ4v) is 2.45. The Bertz CT molecular complexity index is 561. The van der Waals surface area contributed by atoms with Crippen LogP contribution in [0.4, 0.5) is 4.39 Å². The molecule has 1 unspecified atom stereocenters. The van der Waals surface area contributed by atoms with Gasteiger partial charge >= 0.3 is 0 Å². The molecule has 3 rings (SSSR count). The zero-order valence-corrected chi connectivity index (χ0v) is 10.1. The molecule has 0 radical (unpaired) electrons. The van der Waals surface area contributed by atoms with Crippen molar-refractivity contribution in [1.29, 1.82) is 0 Å². The van der Waals surface area contributed by atoms with Crippen molar-refractivity contribution in [3.8, 4) is 0 Å². The third-order valence-corrected chi connectivity index (χ3v) is 3.38. The van der Waals surface area contributed by atoms with Gasteiger partial charge in [-0.05, 0) is 37.0 Å². The van der Waals surface area contributed by atoms with Gasteiger partial charge in [0.25, 0.3) is 0 Å². The maximum Gasteiger partial charge on any atom is 0.149 e. The zero-order valence-electron chi connectivity index (χ0n) is 10.1. The molecule has 0 spiro atoms. The van der Waals surface area contributed by atoms with Crippen LogP contribution in [0, 0.1) is 5.82 Å². The number of aromatic nitrogens is 2. The fraction of sp³-hybridized carbons (Fsp3) is 0.462. The highest BCUT2D eigenvalue weighted by Gasteiger charge is 2.20. The van der Waals surface area contributed by atoms with E-state index in [1.807, 2.05) is 6.07 Å². The van der Waals surface area contributed by atoms with Crippen molar-refractivity contribution < 1.29 is 9.13 Å². The highest BCUT2D eigenvalue weighted by molar-refractivity contribution is 5.77. The first-order valence-corrected chi connectivity index (χ1v) is 6.26. The summed E-state index contributed by atoms with van der Waals surface area (Å²) >= 11 is 0. The van der Waals surface area contributed by atoms with Crippen LogP contribution in [-0.4, -0.2) is 16.2 Å². The highest BCUT2D eigenvalue weighted by atomic mass is 19.1. The molecule has 1 atom stereocenters. The summed E-state index contributed by atoms with van der Waals surface area (Å²) in [4.78, 5) is 4.25. The molecule has 1 saturated heterocycles. The van der Waals surface area contributed by atoms with E-state index < -0.39 is 0 Å². The molecule has 4 nitrogen and oxygen atoms in total. The van der Waals surface area contributed by atoms with Crippen LogP contribution < -0.4 is 5.73 Å². The summed E-state index contributed by atoms with van der Waals surface area (Å²) in [6, 6.07) is 3.31. The first-order valence-electron chi connectivity index (χ1n) is 6.26. The van der Waals surface area contributed by atoms with Crippen LogP contribution in [0.1, 0.15) is 31.1 Å². The molecule has 1 aliphatic rings. The molecule has 18 heavy (non-hydrogen) atoms.